The molecule has 0 unspecified atom stereocenters. The van der Waals surface area contributed by atoms with Gasteiger partial charge in [0.25, 0.3) is 0 Å². The van der Waals surface area contributed by atoms with Gasteiger partial charge < -0.3 is 9.80 Å². The molecule has 3 rings (SSSR count). The molecule has 3 heterocycles. The zero-order valence-electron chi connectivity index (χ0n) is 13.9. The molecule has 0 aliphatic carbocycles. The molecule has 6 nitrogen and oxygen atoms in total. The predicted octanol–water partition coefficient (Wildman–Crippen LogP) is 1.84. The standard InChI is InChI=1S/C17H26N4O2/c1-14(22)20-10-3-2-6-15(20)12-17(23)19-9-4-7-16(13-19)21-11-5-8-18-21/h5,8,11,15-16H,2-4,6-7,9-10,12-13H2,1H3/t15-,16+/m1/s1. The van der Waals surface area contributed by atoms with Crippen LogP contribution in [0.15, 0.2) is 18.5 Å². The quantitative estimate of drug-likeness (QED) is 0.854. The summed E-state index contributed by atoms with van der Waals surface area (Å²) < 4.78 is 1.96. The van der Waals surface area contributed by atoms with Crippen LogP contribution in [0.3, 0.4) is 0 Å². The molecule has 23 heavy (non-hydrogen) atoms. The number of carbonyl (C=O) groups is 2. The molecule has 2 fully saturated rings. The number of hydrogen-bond acceptors (Lipinski definition) is 3. The van der Waals surface area contributed by atoms with Crippen LogP contribution >= 0.6 is 0 Å². The maximum Gasteiger partial charge on any atom is 0.224 e. The molecule has 6 heteroatoms. The normalized spacial score (nSPS) is 25.4. The lowest BCUT2D eigenvalue weighted by molar-refractivity contribution is -0.138. The number of carbonyl (C=O) groups excluding carboxylic acids is 2. The van der Waals surface area contributed by atoms with Gasteiger partial charge in [0, 0.05) is 51.4 Å². The van der Waals surface area contributed by atoms with E-state index in [1.165, 1.54) is 0 Å². The van der Waals surface area contributed by atoms with Crippen molar-refractivity contribution in [2.75, 3.05) is 19.6 Å². The minimum absolute atomic E-state index is 0.0822. The predicted molar refractivity (Wildman–Crippen MR) is 86.7 cm³/mol. The van der Waals surface area contributed by atoms with Gasteiger partial charge in [-0.25, -0.2) is 0 Å². The average molecular weight is 318 g/mol. The minimum Gasteiger partial charge on any atom is -0.340 e. The van der Waals surface area contributed by atoms with Gasteiger partial charge in [0.1, 0.15) is 0 Å². The van der Waals surface area contributed by atoms with Crippen molar-refractivity contribution in [2.45, 2.75) is 57.5 Å². The van der Waals surface area contributed by atoms with Gasteiger partial charge in [-0.15, -0.1) is 0 Å². The zero-order chi connectivity index (χ0) is 16.2. The van der Waals surface area contributed by atoms with E-state index in [0.717, 1.165) is 51.7 Å². The summed E-state index contributed by atoms with van der Waals surface area (Å²) in [5.41, 5.74) is 0. The van der Waals surface area contributed by atoms with Crippen molar-refractivity contribution in [3.8, 4) is 0 Å². The van der Waals surface area contributed by atoms with Crippen LogP contribution in [0.1, 0.15) is 51.5 Å². The van der Waals surface area contributed by atoms with Crippen molar-refractivity contribution in [1.29, 1.82) is 0 Å². The summed E-state index contributed by atoms with van der Waals surface area (Å²) >= 11 is 0. The van der Waals surface area contributed by atoms with Crippen molar-refractivity contribution in [1.82, 2.24) is 19.6 Å². The Balaban J connectivity index is 1.60. The smallest absolute Gasteiger partial charge is 0.224 e. The molecular formula is C17H26N4O2. The number of likely N-dealkylation sites (tertiary alicyclic amines) is 2. The first-order valence-electron chi connectivity index (χ1n) is 8.69. The van der Waals surface area contributed by atoms with E-state index in [-0.39, 0.29) is 23.9 Å². The summed E-state index contributed by atoms with van der Waals surface area (Å²) in [5, 5.41) is 4.31. The number of amides is 2. The molecular weight excluding hydrogens is 292 g/mol. The second kappa shape index (κ2) is 7.15. The van der Waals surface area contributed by atoms with Crippen LogP contribution in [0, 0.1) is 0 Å². The highest BCUT2D eigenvalue weighted by atomic mass is 16.2. The molecule has 1 aromatic heterocycles. The molecule has 0 radical (unpaired) electrons. The fourth-order valence-corrected chi connectivity index (χ4v) is 3.85. The second-order valence-corrected chi connectivity index (χ2v) is 6.69. The Morgan fingerprint density at radius 3 is 2.78 bits per heavy atom. The van der Waals surface area contributed by atoms with Crippen molar-refractivity contribution < 1.29 is 9.59 Å². The molecule has 2 amide bonds. The van der Waals surface area contributed by atoms with E-state index in [4.69, 9.17) is 0 Å². The molecule has 2 saturated heterocycles. The van der Waals surface area contributed by atoms with E-state index in [0.29, 0.717) is 6.42 Å². The number of rotatable bonds is 3. The maximum atomic E-state index is 12.7. The van der Waals surface area contributed by atoms with E-state index in [9.17, 15) is 9.59 Å². The van der Waals surface area contributed by atoms with Gasteiger partial charge in [0.15, 0.2) is 0 Å². The summed E-state index contributed by atoms with van der Waals surface area (Å²) in [6.45, 7) is 3.96. The topological polar surface area (TPSA) is 58.4 Å². The monoisotopic (exact) mass is 318 g/mol. The van der Waals surface area contributed by atoms with E-state index >= 15 is 0 Å². The van der Waals surface area contributed by atoms with Crippen molar-refractivity contribution in [2.24, 2.45) is 0 Å². The molecule has 2 aliphatic rings. The maximum absolute atomic E-state index is 12.7. The highest BCUT2D eigenvalue weighted by molar-refractivity contribution is 5.79. The molecule has 1 aromatic rings. The second-order valence-electron chi connectivity index (χ2n) is 6.69. The van der Waals surface area contributed by atoms with Gasteiger partial charge in [-0.2, -0.15) is 5.10 Å². The van der Waals surface area contributed by atoms with Gasteiger partial charge >= 0.3 is 0 Å². The van der Waals surface area contributed by atoms with Crippen molar-refractivity contribution in [3.63, 3.8) is 0 Å². The Morgan fingerprint density at radius 1 is 1.17 bits per heavy atom. The van der Waals surface area contributed by atoms with Crippen LogP contribution in [-0.4, -0.2) is 57.1 Å². The molecule has 0 saturated carbocycles. The lowest BCUT2D eigenvalue weighted by atomic mass is 9.97. The van der Waals surface area contributed by atoms with E-state index in [1.807, 2.05) is 26.7 Å². The number of piperidine rings is 2. The summed E-state index contributed by atoms with van der Waals surface area (Å²) in [7, 11) is 0. The first-order chi connectivity index (χ1) is 11.1. The van der Waals surface area contributed by atoms with Crippen LogP contribution in [0.2, 0.25) is 0 Å². The average Bonchev–Trinajstić information content (AvgIpc) is 3.10. The lowest BCUT2D eigenvalue weighted by Crippen LogP contribution is -2.47. The van der Waals surface area contributed by atoms with Gasteiger partial charge in [0.05, 0.1) is 6.04 Å². The molecule has 0 N–H and O–H groups in total. The molecule has 2 atom stereocenters. The lowest BCUT2D eigenvalue weighted by Gasteiger charge is -2.38. The minimum atomic E-state index is 0.0822. The highest BCUT2D eigenvalue weighted by Gasteiger charge is 2.30. The highest BCUT2D eigenvalue weighted by Crippen LogP contribution is 2.24. The zero-order valence-corrected chi connectivity index (χ0v) is 13.9. The molecule has 0 aromatic carbocycles. The molecule has 0 bridgehead atoms. The summed E-state index contributed by atoms with van der Waals surface area (Å²) in [5.74, 6) is 0.274. The van der Waals surface area contributed by atoms with Crippen LogP contribution in [0.5, 0.6) is 0 Å². The van der Waals surface area contributed by atoms with Gasteiger partial charge in [-0.1, -0.05) is 0 Å². The summed E-state index contributed by atoms with van der Waals surface area (Å²) in [6, 6.07) is 2.28. The SMILES string of the molecule is CC(=O)N1CCCC[C@@H]1CC(=O)N1CCC[C@H](n2cccn2)C1. The van der Waals surface area contributed by atoms with Crippen molar-refractivity contribution in [3.05, 3.63) is 18.5 Å². The number of nitrogens with zero attached hydrogens (tertiary/aromatic N) is 4. The Bertz CT molecular complexity index is 543. The number of aromatic nitrogens is 2. The first-order valence-corrected chi connectivity index (χ1v) is 8.69. The van der Waals surface area contributed by atoms with Gasteiger partial charge in [0.2, 0.25) is 11.8 Å². The molecule has 2 aliphatic heterocycles. The fraction of sp³-hybridized carbons (Fsp3) is 0.706. The largest absolute Gasteiger partial charge is 0.340 e. The van der Waals surface area contributed by atoms with Gasteiger partial charge in [-0.3, -0.25) is 14.3 Å². The fourth-order valence-electron chi connectivity index (χ4n) is 3.85. The number of hydrogen-bond donors (Lipinski definition) is 0. The first kappa shape index (κ1) is 16.0. The van der Waals surface area contributed by atoms with Crippen LogP contribution in [-0.2, 0) is 9.59 Å². The third-order valence-corrected chi connectivity index (χ3v) is 5.09. The van der Waals surface area contributed by atoms with Gasteiger partial charge in [-0.05, 0) is 38.2 Å². The Hall–Kier alpha value is -1.85. The van der Waals surface area contributed by atoms with E-state index < -0.39 is 0 Å². The van der Waals surface area contributed by atoms with Crippen molar-refractivity contribution >= 4 is 11.8 Å². The Morgan fingerprint density at radius 2 is 2.04 bits per heavy atom. The Kier molecular flexibility index (Phi) is 4.98. The van der Waals surface area contributed by atoms with Crippen LogP contribution in [0.4, 0.5) is 0 Å². The Labute approximate surface area is 137 Å². The van der Waals surface area contributed by atoms with E-state index in [1.54, 1.807) is 13.1 Å². The summed E-state index contributed by atoms with van der Waals surface area (Å²) in [4.78, 5) is 28.3. The molecule has 126 valence electrons. The van der Waals surface area contributed by atoms with Crippen LogP contribution in [0.25, 0.3) is 0 Å². The third kappa shape index (κ3) is 3.74. The third-order valence-electron chi connectivity index (χ3n) is 5.09. The van der Waals surface area contributed by atoms with E-state index in [2.05, 4.69) is 5.10 Å². The summed E-state index contributed by atoms with van der Waals surface area (Å²) in [6.07, 6.45) is 9.40. The van der Waals surface area contributed by atoms with Crippen LogP contribution < -0.4 is 0 Å². The molecule has 0 spiro atoms.